The van der Waals surface area contributed by atoms with Crippen LogP contribution in [0.5, 0.6) is 0 Å². The smallest absolute Gasteiger partial charge is 0.227 e. The first kappa shape index (κ1) is 19.3. The van der Waals surface area contributed by atoms with E-state index in [1.807, 2.05) is 44.2 Å². The quantitative estimate of drug-likeness (QED) is 0.674. The van der Waals surface area contributed by atoms with Crippen LogP contribution >= 0.6 is 23.2 Å². The summed E-state index contributed by atoms with van der Waals surface area (Å²) in [5.41, 5.74) is 0.910. The van der Waals surface area contributed by atoms with E-state index in [0.717, 1.165) is 11.1 Å². The van der Waals surface area contributed by atoms with Gasteiger partial charge in [-0.25, -0.2) is 0 Å². The molecule has 0 spiro atoms. The zero-order valence-electron chi connectivity index (χ0n) is 15.0. The molecule has 0 bridgehead atoms. The van der Waals surface area contributed by atoms with Crippen molar-refractivity contribution in [2.75, 3.05) is 0 Å². The molecule has 0 aliphatic rings. The predicted octanol–water partition coefficient (Wildman–Crippen LogP) is 3.99. The minimum Gasteiger partial charge on any atom is -0.351 e. The number of aromatic nitrogens is 4. The molecule has 3 aromatic rings. The highest BCUT2D eigenvalue weighted by Gasteiger charge is 2.29. The molecule has 140 valence electrons. The van der Waals surface area contributed by atoms with Gasteiger partial charge in [0.2, 0.25) is 11.7 Å². The summed E-state index contributed by atoms with van der Waals surface area (Å²) < 4.78 is 0. The maximum Gasteiger partial charge on any atom is 0.227 e. The van der Waals surface area contributed by atoms with Gasteiger partial charge in [0, 0.05) is 22.2 Å². The van der Waals surface area contributed by atoms with Crippen LogP contribution in [-0.2, 0) is 17.9 Å². The molecule has 6 nitrogen and oxygen atoms in total. The highest BCUT2D eigenvalue weighted by molar-refractivity contribution is 6.31. The molecule has 1 N–H and O–H groups in total. The van der Waals surface area contributed by atoms with Crippen LogP contribution in [0, 0.1) is 5.41 Å². The summed E-state index contributed by atoms with van der Waals surface area (Å²) >= 11 is 12.1. The molecule has 0 saturated heterocycles. The molecule has 1 aromatic heterocycles. The van der Waals surface area contributed by atoms with E-state index in [-0.39, 0.29) is 12.5 Å². The SMILES string of the molecule is CC(C)(Cn1nnc(-c2cccc(Cl)c2)n1)C(=O)NCc1ccccc1Cl. The Labute approximate surface area is 167 Å². The molecule has 1 amide bonds. The lowest BCUT2D eigenvalue weighted by atomic mass is 9.92. The van der Waals surface area contributed by atoms with Gasteiger partial charge in [-0.3, -0.25) is 4.79 Å². The number of nitrogens with zero attached hydrogens (tertiary/aromatic N) is 4. The monoisotopic (exact) mass is 403 g/mol. The number of halogens is 2. The van der Waals surface area contributed by atoms with Crippen molar-refractivity contribution in [2.24, 2.45) is 5.41 Å². The van der Waals surface area contributed by atoms with Gasteiger partial charge in [-0.15, -0.1) is 10.2 Å². The molecule has 8 heteroatoms. The first-order valence-electron chi connectivity index (χ1n) is 8.40. The fourth-order valence-electron chi connectivity index (χ4n) is 2.54. The molecule has 0 radical (unpaired) electrons. The predicted molar refractivity (Wildman–Crippen MR) is 105 cm³/mol. The van der Waals surface area contributed by atoms with Crippen molar-refractivity contribution in [2.45, 2.75) is 26.9 Å². The van der Waals surface area contributed by atoms with E-state index in [9.17, 15) is 4.79 Å². The molecule has 27 heavy (non-hydrogen) atoms. The number of tetrazole rings is 1. The Morgan fingerprint density at radius 2 is 1.93 bits per heavy atom. The topological polar surface area (TPSA) is 72.7 Å². The van der Waals surface area contributed by atoms with Crippen LogP contribution in [0.1, 0.15) is 19.4 Å². The van der Waals surface area contributed by atoms with Crippen LogP contribution in [-0.4, -0.2) is 26.1 Å². The van der Waals surface area contributed by atoms with Crippen LogP contribution in [0.4, 0.5) is 0 Å². The summed E-state index contributed by atoms with van der Waals surface area (Å²) in [5.74, 6) is 0.341. The average molecular weight is 404 g/mol. The maximum absolute atomic E-state index is 12.6. The first-order valence-corrected chi connectivity index (χ1v) is 9.16. The second kappa shape index (κ2) is 8.06. The van der Waals surface area contributed by atoms with Gasteiger partial charge in [0.25, 0.3) is 0 Å². The molecule has 1 heterocycles. The number of benzene rings is 2. The third-order valence-electron chi connectivity index (χ3n) is 4.08. The number of rotatable bonds is 6. The van der Waals surface area contributed by atoms with E-state index in [1.165, 1.54) is 4.80 Å². The molecular formula is C19H19Cl2N5O. The summed E-state index contributed by atoms with van der Waals surface area (Å²) in [6.07, 6.45) is 0. The fraction of sp³-hybridized carbons (Fsp3) is 0.263. The van der Waals surface area contributed by atoms with E-state index in [2.05, 4.69) is 20.7 Å². The van der Waals surface area contributed by atoms with Gasteiger partial charge in [-0.1, -0.05) is 53.5 Å². The minimum absolute atomic E-state index is 0.121. The van der Waals surface area contributed by atoms with Crippen LogP contribution in [0.15, 0.2) is 48.5 Å². The third-order valence-corrected chi connectivity index (χ3v) is 4.69. The van der Waals surface area contributed by atoms with E-state index in [0.29, 0.717) is 22.4 Å². The largest absolute Gasteiger partial charge is 0.351 e. The van der Waals surface area contributed by atoms with Gasteiger partial charge in [-0.2, -0.15) is 4.80 Å². The average Bonchev–Trinajstić information content (AvgIpc) is 3.08. The summed E-state index contributed by atoms with van der Waals surface area (Å²) in [5, 5.41) is 16.6. The number of hydrogen-bond donors (Lipinski definition) is 1. The standard InChI is InChI=1S/C19H19Cl2N5O/c1-19(2,18(27)22-11-14-6-3-4-9-16(14)21)12-26-24-17(23-25-26)13-7-5-8-15(20)10-13/h3-10H,11-12H2,1-2H3,(H,22,27). The number of amides is 1. The van der Waals surface area contributed by atoms with E-state index < -0.39 is 5.41 Å². The summed E-state index contributed by atoms with van der Waals surface area (Å²) in [7, 11) is 0. The molecule has 0 atom stereocenters. The lowest BCUT2D eigenvalue weighted by Crippen LogP contribution is -2.39. The Bertz CT molecular complexity index is 955. The Hall–Kier alpha value is -2.44. The van der Waals surface area contributed by atoms with Crippen LogP contribution < -0.4 is 5.32 Å². The van der Waals surface area contributed by atoms with Gasteiger partial charge in [0.1, 0.15) is 0 Å². The van der Waals surface area contributed by atoms with Crippen LogP contribution in [0.25, 0.3) is 11.4 Å². The number of carbonyl (C=O) groups is 1. The summed E-state index contributed by atoms with van der Waals surface area (Å²) in [6, 6.07) is 14.6. The normalized spacial score (nSPS) is 11.4. The van der Waals surface area contributed by atoms with Gasteiger partial charge in [0.05, 0.1) is 12.0 Å². The Balaban J connectivity index is 1.65. The van der Waals surface area contributed by atoms with Crippen molar-refractivity contribution in [3.63, 3.8) is 0 Å². The van der Waals surface area contributed by atoms with Crippen molar-refractivity contribution in [1.29, 1.82) is 0 Å². The summed E-state index contributed by atoms with van der Waals surface area (Å²) in [4.78, 5) is 14.0. The Morgan fingerprint density at radius 1 is 1.15 bits per heavy atom. The van der Waals surface area contributed by atoms with Crippen molar-refractivity contribution in [3.8, 4) is 11.4 Å². The molecule has 0 fully saturated rings. The molecular weight excluding hydrogens is 385 g/mol. The van der Waals surface area contributed by atoms with Crippen LogP contribution in [0.2, 0.25) is 10.0 Å². The highest BCUT2D eigenvalue weighted by atomic mass is 35.5. The molecule has 0 saturated carbocycles. The third kappa shape index (κ3) is 4.84. The highest BCUT2D eigenvalue weighted by Crippen LogP contribution is 2.21. The molecule has 2 aromatic carbocycles. The second-order valence-corrected chi connectivity index (χ2v) is 7.66. The van der Waals surface area contributed by atoms with Gasteiger partial charge in [-0.05, 0) is 42.8 Å². The van der Waals surface area contributed by atoms with E-state index in [1.54, 1.807) is 18.2 Å². The van der Waals surface area contributed by atoms with Crippen LogP contribution in [0.3, 0.4) is 0 Å². The molecule has 0 aliphatic heterocycles. The van der Waals surface area contributed by atoms with Gasteiger partial charge < -0.3 is 5.32 Å². The Kier molecular flexibility index (Phi) is 5.77. The fourth-order valence-corrected chi connectivity index (χ4v) is 2.93. The zero-order valence-corrected chi connectivity index (χ0v) is 16.5. The van der Waals surface area contributed by atoms with Crippen molar-refractivity contribution < 1.29 is 4.79 Å². The van der Waals surface area contributed by atoms with E-state index in [4.69, 9.17) is 23.2 Å². The maximum atomic E-state index is 12.6. The number of nitrogens with one attached hydrogen (secondary N) is 1. The van der Waals surface area contributed by atoms with Gasteiger partial charge >= 0.3 is 0 Å². The first-order chi connectivity index (χ1) is 12.8. The van der Waals surface area contributed by atoms with Crippen molar-refractivity contribution >= 4 is 29.1 Å². The molecule has 0 aliphatic carbocycles. The Morgan fingerprint density at radius 3 is 2.67 bits per heavy atom. The van der Waals surface area contributed by atoms with Crippen molar-refractivity contribution in [1.82, 2.24) is 25.5 Å². The molecule has 3 rings (SSSR count). The second-order valence-electron chi connectivity index (χ2n) is 6.81. The lowest BCUT2D eigenvalue weighted by Gasteiger charge is -2.22. The number of hydrogen-bond acceptors (Lipinski definition) is 4. The molecule has 0 unspecified atom stereocenters. The van der Waals surface area contributed by atoms with E-state index >= 15 is 0 Å². The van der Waals surface area contributed by atoms with Gasteiger partial charge in [0.15, 0.2) is 0 Å². The zero-order chi connectivity index (χ0) is 19.4. The van der Waals surface area contributed by atoms with Crippen molar-refractivity contribution in [3.05, 3.63) is 64.1 Å². The number of carbonyl (C=O) groups excluding carboxylic acids is 1. The summed E-state index contributed by atoms with van der Waals surface area (Å²) in [6.45, 7) is 4.31. The minimum atomic E-state index is -0.729. The lowest BCUT2D eigenvalue weighted by molar-refractivity contribution is -0.130.